The van der Waals surface area contributed by atoms with Crippen LogP contribution in [0.15, 0.2) is 0 Å². The second kappa shape index (κ2) is 9.19. The third-order valence-corrected chi connectivity index (χ3v) is 2.63. The molecule has 4 heteroatoms. The van der Waals surface area contributed by atoms with Crippen LogP contribution in [-0.4, -0.2) is 24.9 Å². The van der Waals surface area contributed by atoms with Crippen molar-refractivity contribution in [3.63, 3.8) is 0 Å². The number of hydrogen-bond donors (Lipinski definition) is 2. The summed E-state index contributed by atoms with van der Waals surface area (Å²) in [6, 6.07) is 0. The Morgan fingerprint density at radius 2 is 1.88 bits per heavy atom. The second-order valence-corrected chi connectivity index (χ2v) is 4.13. The molecule has 16 heavy (non-hydrogen) atoms. The van der Waals surface area contributed by atoms with Gasteiger partial charge in [-0.2, -0.15) is 0 Å². The van der Waals surface area contributed by atoms with Gasteiger partial charge in [0.05, 0.1) is 6.54 Å². The first-order chi connectivity index (χ1) is 7.60. The highest BCUT2D eigenvalue weighted by Gasteiger charge is 2.08. The van der Waals surface area contributed by atoms with E-state index in [4.69, 9.17) is 0 Å². The van der Waals surface area contributed by atoms with Crippen LogP contribution in [0.25, 0.3) is 0 Å². The summed E-state index contributed by atoms with van der Waals surface area (Å²) in [6.45, 7) is 6.51. The molecule has 4 nitrogen and oxygen atoms in total. The molecule has 0 aromatic heterocycles. The van der Waals surface area contributed by atoms with Crippen LogP contribution >= 0.6 is 0 Å². The van der Waals surface area contributed by atoms with E-state index in [9.17, 15) is 9.59 Å². The molecule has 0 saturated carbocycles. The number of nitrogens with one attached hydrogen (secondary N) is 2. The number of rotatable bonds is 8. The zero-order chi connectivity index (χ0) is 12.4. The monoisotopic (exact) mass is 228 g/mol. The summed E-state index contributed by atoms with van der Waals surface area (Å²) in [5.41, 5.74) is 0. The first-order valence-corrected chi connectivity index (χ1v) is 6.11. The Labute approximate surface area is 98.2 Å². The van der Waals surface area contributed by atoms with E-state index in [0.717, 1.165) is 19.4 Å². The molecule has 0 radical (unpaired) electrons. The van der Waals surface area contributed by atoms with E-state index < -0.39 is 0 Å². The van der Waals surface area contributed by atoms with Crippen molar-refractivity contribution >= 4 is 11.8 Å². The molecular formula is C12H24N2O2. The molecule has 0 aliphatic carbocycles. The predicted molar refractivity (Wildman–Crippen MR) is 65.0 cm³/mol. The minimum atomic E-state index is -0.173. The van der Waals surface area contributed by atoms with Gasteiger partial charge in [0, 0.05) is 13.5 Å². The summed E-state index contributed by atoms with van der Waals surface area (Å²) in [5, 5.41) is 5.32. The van der Waals surface area contributed by atoms with Crippen LogP contribution in [0.4, 0.5) is 0 Å². The van der Waals surface area contributed by atoms with Gasteiger partial charge in [0.1, 0.15) is 0 Å². The highest BCUT2D eigenvalue weighted by Crippen LogP contribution is 2.10. The molecule has 0 aromatic carbocycles. The molecule has 0 fully saturated rings. The lowest BCUT2D eigenvalue weighted by Gasteiger charge is -2.15. The number of carbonyl (C=O) groups excluding carboxylic acids is 2. The first kappa shape index (κ1) is 14.9. The summed E-state index contributed by atoms with van der Waals surface area (Å²) >= 11 is 0. The van der Waals surface area contributed by atoms with Crippen LogP contribution in [0.5, 0.6) is 0 Å². The highest BCUT2D eigenvalue weighted by atomic mass is 16.2. The Hall–Kier alpha value is -1.06. The van der Waals surface area contributed by atoms with E-state index in [2.05, 4.69) is 24.5 Å². The van der Waals surface area contributed by atoms with Gasteiger partial charge in [0.25, 0.3) is 0 Å². The molecule has 0 aliphatic rings. The maximum atomic E-state index is 11.3. The molecule has 1 atom stereocenters. The Morgan fingerprint density at radius 3 is 2.38 bits per heavy atom. The number of hydrogen-bond acceptors (Lipinski definition) is 2. The normalized spacial score (nSPS) is 11.9. The van der Waals surface area contributed by atoms with Gasteiger partial charge >= 0.3 is 0 Å². The Balaban J connectivity index is 3.66. The lowest BCUT2D eigenvalue weighted by molar-refractivity contribution is -0.125. The minimum absolute atomic E-state index is 0.0829. The maximum absolute atomic E-state index is 11.3. The smallest absolute Gasteiger partial charge is 0.239 e. The van der Waals surface area contributed by atoms with Crippen molar-refractivity contribution in [2.24, 2.45) is 5.92 Å². The lowest BCUT2D eigenvalue weighted by Crippen LogP contribution is -2.38. The Bertz CT molecular complexity index is 217. The van der Waals surface area contributed by atoms with E-state index >= 15 is 0 Å². The number of unbranched alkanes of at least 4 members (excludes halogenated alkanes) is 1. The topological polar surface area (TPSA) is 58.2 Å². The molecule has 0 saturated heterocycles. The van der Waals surface area contributed by atoms with Crippen molar-refractivity contribution in [3.8, 4) is 0 Å². The molecular weight excluding hydrogens is 204 g/mol. The van der Waals surface area contributed by atoms with Crippen molar-refractivity contribution in [2.45, 2.75) is 46.5 Å². The van der Waals surface area contributed by atoms with Gasteiger partial charge in [-0.15, -0.1) is 0 Å². The van der Waals surface area contributed by atoms with Gasteiger partial charge in [-0.25, -0.2) is 0 Å². The molecule has 2 amide bonds. The van der Waals surface area contributed by atoms with Gasteiger partial charge in [-0.05, 0) is 12.3 Å². The van der Waals surface area contributed by atoms with Crippen molar-refractivity contribution in [1.29, 1.82) is 0 Å². The largest absolute Gasteiger partial charge is 0.354 e. The molecule has 0 bridgehead atoms. The summed E-state index contributed by atoms with van der Waals surface area (Å²) in [5.74, 6) is 0.277. The van der Waals surface area contributed by atoms with Crippen LogP contribution < -0.4 is 10.6 Å². The Kier molecular flexibility index (Phi) is 8.58. The van der Waals surface area contributed by atoms with Gasteiger partial charge in [0.15, 0.2) is 0 Å². The van der Waals surface area contributed by atoms with E-state index in [0.29, 0.717) is 5.92 Å². The summed E-state index contributed by atoms with van der Waals surface area (Å²) < 4.78 is 0. The van der Waals surface area contributed by atoms with Gasteiger partial charge in [-0.1, -0.05) is 33.1 Å². The molecule has 0 aromatic rings. The van der Waals surface area contributed by atoms with Crippen LogP contribution in [0.3, 0.4) is 0 Å². The summed E-state index contributed by atoms with van der Waals surface area (Å²) in [6.07, 6.45) is 4.64. The van der Waals surface area contributed by atoms with Crippen molar-refractivity contribution in [1.82, 2.24) is 10.6 Å². The molecule has 1 unspecified atom stereocenters. The fraction of sp³-hybridized carbons (Fsp3) is 0.833. The van der Waals surface area contributed by atoms with E-state index in [1.807, 2.05) is 0 Å². The van der Waals surface area contributed by atoms with Crippen molar-refractivity contribution in [3.05, 3.63) is 0 Å². The maximum Gasteiger partial charge on any atom is 0.239 e. The molecule has 0 spiro atoms. The summed E-state index contributed by atoms with van der Waals surface area (Å²) in [7, 11) is 0. The number of amides is 2. The van der Waals surface area contributed by atoms with E-state index in [1.54, 1.807) is 0 Å². The van der Waals surface area contributed by atoms with Gasteiger partial charge in [0.2, 0.25) is 11.8 Å². The SMILES string of the molecule is CCCCC(CC)CNC(=O)CNC(C)=O. The Morgan fingerprint density at radius 1 is 1.19 bits per heavy atom. The fourth-order valence-corrected chi connectivity index (χ4v) is 1.47. The van der Waals surface area contributed by atoms with Gasteiger partial charge < -0.3 is 10.6 Å². The predicted octanol–water partition coefficient (Wildman–Crippen LogP) is 1.46. The third-order valence-electron chi connectivity index (χ3n) is 2.63. The van der Waals surface area contributed by atoms with Crippen LogP contribution in [-0.2, 0) is 9.59 Å². The van der Waals surface area contributed by atoms with Crippen molar-refractivity contribution < 1.29 is 9.59 Å². The van der Waals surface area contributed by atoms with Crippen LogP contribution in [0.1, 0.15) is 46.5 Å². The zero-order valence-electron chi connectivity index (χ0n) is 10.6. The van der Waals surface area contributed by atoms with Crippen LogP contribution in [0, 0.1) is 5.92 Å². The van der Waals surface area contributed by atoms with E-state index in [-0.39, 0.29) is 18.4 Å². The second-order valence-electron chi connectivity index (χ2n) is 4.13. The molecule has 0 aliphatic heterocycles. The fourth-order valence-electron chi connectivity index (χ4n) is 1.47. The lowest BCUT2D eigenvalue weighted by atomic mass is 9.99. The first-order valence-electron chi connectivity index (χ1n) is 6.11. The highest BCUT2D eigenvalue weighted by molar-refractivity contribution is 5.83. The van der Waals surface area contributed by atoms with E-state index in [1.165, 1.54) is 19.8 Å². The molecule has 0 rings (SSSR count). The van der Waals surface area contributed by atoms with Crippen molar-refractivity contribution in [2.75, 3.05) is 13.1 Å². The number of carbonyl (C=O) groups is 2. The standard InChI is InChI=1S/C12H24N2O2/c1-4-6-7-11(5-2)8-14-12(16)9-13-10(3)15/h11H,4-9H2,1-3H3,(H,13,15)(H,14,16). The van der Waals surface area contributed by atoms with Gasteiger partial charge in [-0.3, -0.25) is 9.59 Å². The van der Waals surface area contributed by atoms with Crippen LogP contribution in [0.2, 0.25) is 0 Å². The minimum Gasteiger partial charge on any atom is -0.354 e. The zero-order valence-corrected chi connectivity index (χ0v) is 10.6. The average molecular weight is 228 g/mol. The third kappa shape index (κ3) is 8.26. The summed E-state index contributed by atoms with van der Waals surface area (Å²) in [4.78, 5) is 21.9. The molecule has 94 valence electrons. The average Bonchev–Trinajstić information content (AvgIpc) is 2.26. The quantitative estimate of drug-likeness (QED) is 0.660. The molecule has 0 heterocycles. The molecule has 2 N–H and O–H groups in total.